The van der Waals surface area contributed by atoms with Crippen LogP contribution in [0.25, 0.3) is 76.7 Å². The molecule has 0 spiro atoms. The van der Waals surface area contributed by atoms with Crippen LogP contribution >= 0.6 is 0 Å². The highest BCUT2D eigenvalue weighted by Crippen LogP contribution is 2.55. The van der Waals surface area contributed by atoms with Crippen molar-refractivity contribution in [3.05, 3.63) is 132 Å². The van der Waals surface area contributed by atoms with Gasteiger partial charge in [0.1, 0.15) is 0 Å². The molecule has 10 rings (SSSR count). The van der Waals surface area contributed by atoms with E-state index in [-0.39, 0.29) is 5.41 Å². The number of rotatable bonds is 1. The van der Waals surface area contributed by atoms with Gasteiger partial charge in [-0.05, 0) is 58.7 Å². The summed E-state index contributed by atoms with van der Waals surface area (Å²) in [6.45, 7) is 4.76. The molecule has 41 heavy (non-hydrogen) atoms. The molecule has 0 saturated carbocycles. The van der Waals surface area contributed by atoms with Gasteiger partial charge < -0.3 is 8.97 Å². The first-order valence-electron chi connectivity index (χ1n) is 14.5. The van der Waals surface area contributed by atoms with Crippen molar-refractivity contribution in [3.8, 4) is 16.8 Å². The summed E-state index contributed by atoms with van der Waals surface area (Å²) in [5.74, 6) is 0. The third-order valence-corrected chi connectivity index (χ3v) is 9.82. The average molecular weight is 523 g/mol. The Labute approximate surface area is 237 Å². The molecule has 0 radical (unpaired) electrons. The van der Waals surface area contributed by atoms with E-state index in [9.17, 15) is 0 Å². The van der Waals surface area contributed by atoms with E-state index in [1.54, 1.807) is 0 Å². The zero-order chi connectivity index (χ0) is 27.0. The van der Waals surface area contributed by atoms with Crippen LogP contribution in [-0.2, 0) is 5.41 Å². The summed E-state index contributed by atoms with van der Waals surface area (Å²) in [5.41, 5.74) is 13.2. The van der Waals surface area contributed by atoms with E-state index >= 15 is 0 Å². The minimum atomic E-state index is -0.0503. The minimum Gasteiger partial charge on any atom is -0.309 e. The number of aromatic nitrogens is 2. The maximum Gasteiger partial charge on any atom is 0.0628 e. The predicted octanol–water partition coefficient (Wildman–Crippen LogP) is 10.2. The molecule has 0 unspecified atom stereocenters. The molecule has 0 fully saturated rings. The van der Waals surface area contributed by atoms with E-state index in [1.807, 2.05) is 0 Å². The zero-order valence-electron chi connectivity index (χ0n) is 22.9. The molecule has 1 aliphatic carbocycles. The number of fused-ring (bicyclic) bond motifs is 14. The second-order valence-corrected chi connectivity index (χ2v) is 12.1. The van der Waals surface area contributed by atoms with Crippen LogP contribution in [0.15, 0.2) is 121 Å². The van der Waals surface area contributed by atoms with Crippen molar-refractivity contribution in [1.82, 2.24) is 8.97 Å². The topological polar surface area (TPSA) is 9.34 Å². The van der Waals surface area contributed by atoms with Gasteiger partial charge in [-0.3, -0.25) is 0 Å². The van der Waals surface area contributed by atoms with E-state index in [0.29, 0.717) is 0 Å². The molecular formula is C39H26N2. The highest BCUT2D eigenvalue weighted by atomic mass is 15.0. The lowest BCUT2D eigenvalue weighted by atomic mass is 9.82. The molecule has 6 aromatic carbocycles. The molecule has 0 amide bonds. The van der Waals surface area contributed by atoms with Crippen LogP contribution in [0.5, 0.6) is 0 Å². The van der Waals surface area contributed by atoms with Crippen molar-refractivity contribution in [1.29, 1.82) is 0 Å². The third-order valence-electron chi connectivity index (χ3n) is 9.82. The number of hydrogen-bond donors (Lipinski definition) is 0. The fourth-order valence-electron chi connectivity index (χ4n) is 8.14. The molecule has 3 heterocycles. The van der Waals surface area contributed by atoms with Crippen LogP contribution in [-0.4, -0.2) is 8.97 Å². The van der Waals surface area contributed by atoms with Gasteiger partial charge in [0.25, 0.3) is 0 Å². The molecule has 0 saturated heterocycles. The molecule has 2 heteroatoms. The Morgan fingerprint density at radius 2 is 1.20 bits per heavy atom. The maximum atomic E-state index is 2.54. The fourth-order valence-corrected chi connectivity index (χ4v) is 8.14. The van der Waals surface area contributed by atoms with E-state index in [0.717, 1.165) is 0 Å². The van der Waals surface area contributed by atoms with Crippen molar-refractivity contribution in [2.45, 2.75) is 19.3 Å². The lowest BCUT2D eigenvalue weighted by molar-refractivity contribution is 0.661. The summed E-state index contributed by atoms with van der Waals surface area (Å²) in [5, 5.41) is 8.03. The smallest absolute Gasteiger partial charge is 0.0628 e. The summed E-state index contributed by atoms with van der Waals surface area (Å²) in [4.78, 5) is 0. The summed E-state index contributed by atoms with van der Waals surface area (Å²) in [7, 11) is 0. The van der Waals surface area contributed by atoms with Gasteiger partial charge in [0.05, 0.1) is 27.6 Å². The largest absolute Gasteiger partial charge is 0.309 e. The molecule has 2 nitrogen and oxygen atoms in total. The average Bonchev–Trinajstić information content (AvgIpc) is 3.70. The van der Waals surface area contributed by atoms with Crippen LogP contribution in [0.2, 0.25) is 0 Å². The maximum absolute atomic E-state index is 2.54. The van der Waals surface area contributed by atoms with Crippen molar-refractivity contribution < 1.29 is 0 Å². The first-order valence-corrected chi connectivity index (χ1v) is 14.5. The monoisotopic (exact) mass is 522 g/mol. The van der Waals surface area contributed by atoms with Gasteiger partial charge >= 0.3 is 0 Å². The number of hydrogen-bond acceptors (Lipinski definition) is 0. The highest BCUT2D eigenvalue weighted by Gasteiger charge is 2.38. The normalized spacial score (nSPS) is 14.3. The Bertz CT molecular complexity index is 2540. The van der Waals surface area contributed by atoms with Gasteiger partial charge in [0, 0.05) is 43.4 Å². The molecular weight excluding hydrogens is 496 g/mol. The third kappa shape index (κ3) is 2.43. The summed E-state index contributed by atoms with van der Waals surface area (Å²) >= 11 is 0. The highest BCUT2D eigenvalue weighted by molar-refractivity contribution is 6.37. The van der Waals surface area contributed by atoms with Crippen LogP contribution in [0, 0.1) is 0 Å². The molecule has 1 aliphatic rings. The van der Waals surface area contributed by atoms with Crippen LogP contribution in [0.3, 0.4) is 0 Å². The number of nitrogens with zero attached hydrogens (tertiary/aromatic N) is 2. The zero-order valence-corrected chi connectivity index (χ0v) is 22.9. The summed E-state index contributed by atoms with van der Waals surface area (Å²) in [6.07, 6.45) is 0. The van der Waals surface area contributed by atoms with Gasteiger partial charge in [0.15, 0.2) is 0 Å². The molecule has 0 atom stereocenters. The van der Waals surface area contributed by atoms with Crippen LogP contribution < -0.4 is 0 Å². The SMILES string of the molecule is CC1(C)c2ccccc2-c2c1ccc1c2c2c3c4ccccc4n(-c4ccccc4)c3cc3c4ccccc4n1c32. The molecule has 192 valence electrons. The first kappa shape index (κ1) is 21.7. The second-order valence-electron chi connectivity index (χ2n) is 12.1. The van der Waals surface area contributed by atoms with E-state index < -0.39 is 0 Å². The first-order chi connectivity index (χ1) is 20.1. The second kappa shape index (κ2) is 7.16. The standard InChI is InChI=1S/C39H26N2/c1-39(2)28-17-9-6-15-25(28)34-29(39)20-21-32-36(34)37-35-26-16-8-11-19-31(26)40(23-12-4-3-5-13-23)33(35)22-27-24-14-7-10-18-30(24)41(32)38(27)37/h3-22H,1-2H3. The van der Waals surface area contributed by atoms with Crippen molar-refractivity contribution >= 4 is 59.9 Å². The van der Waals surface area contributed by atoms with Gasteiger partial charge in [-0.25, -0.2) is 0 Å². The molecule has 3 aromatic heterocycles. The lowest BCUT2D eigenvalue weighted by Crippen LogP contribution is -2.14. The Hall–Kier alpha value is -5.08. The Morgan fingerprint density at radius 3 is 2.05 bits per heavy atom. The van der Waals surface area contributed by atoms with Crippen molar-refractivity contribution in [2.75, 3.05) is 0 Å². The van der Waals surface area contributed by atoms with Gasteiger partial charge in [0.2, 0.25) is 0 Å². The molecule has 0 aliphatic heterocycles. The van der Waals surface area contributed by atoms with Gasteiger partial charge in [-0.1, -0.05) is 98.8 Å². The number of para-hydroxylation sites is 3. The fraction of sp³-hybridized carbons (Fsp3) is 0.0769. The summed E-state index contributed by atoms with van der Waals surface area (Å²) in [6, 6.07) is 45.0. The Morgan fingerprint density at radius 1 is 0.488 bits per heavy atom. The van der Waals surface area contributed by atoms with Crippen LogP contribution in [0.4, 0.5) is 0 Å². The van der Waals surface area contributed by atoms with Gasteiger partial charge in [-0.2, -0.15) is 0 Å². The number of benzene rings is 6. The molecule has 0 bridgehead atoms. The van der Waals surface area contributed by atoms with E-state index in [2.05, 4.69) is 144 Å². The molecule has 9 aromatic rings. The lowest BCUT2D eigenvalue weighted by Gasteiger charge is -2.21. The quantitative estimate of drug-likeness (QED) is 0.203. The van der Waals surface area contributed by atoms with Crippen LogP contribution in [0.1, 0.15) is 25.0 Å². The Kier molecular flexibility index (Phi) is 3.79. The molecule has 0 N–H and O–H groups in total. The van der Waals surface area contributed by atoms with E-state index in [1.165, 1.54) is 87.8 Å². The van der Waals surface area contributed by atoms with Crippen molar-refractivity contribution in [3.63, 3.8) is 0 Å². The Balaban J connectivity index is 1.57. The summed E-state index contributed by atoms with van der Waals surface area (Å²) < 4.78 is 5.00. The van der Waals surface area contributed by atoms with Crippen molar-refractivity contribution in [2.24, 2.45) is 0 Å². The van der Waals surface area contributed by atoms with E-state index in [4.69, 9.17) is 0 Å². The van der Waals surface area contributed by atoms with Gasteiger partial charge in [-0.15, -0.1) is 0 Å². The predicted molar refractivity (Wildman–Crippen MR) is 173 cm³/mol. The minimum absolute atomic E-state index is 0.0503.